The van der Waals surface area contributed by atoms with Crippen LogP contribution in [0, 0.1) is 0 Å². The minimum atomic E-state index is -3.31. The number of H-pyrrole nitrogens is 2. The van der Waals surface area contributed by atoms with Gasteiger partial charge >= 0.3 is 0 Å². The highest BCUT2D eigenvalue weighted by Gasteiger charge is 3.03. The van der Waals surface area contributed by atoms with Gasteiger partial charge < -0.3 is 22.6 Å². The van der Waals surface area contributed by atoms with Gasteiger partial charge in [0.2, 0.25) is 36.0 Å². The third kappa shape index (κ3) is 6.30. The fourth-order valence-corrected chi connectivity index (χ4v) is 17.8. The summed E-state index contributed by atoms with van der Waals surface area (Å²) in [6, 6.07) is 11.6. The Morgan fingerprint density at radius 2 is 1.50 bits per heavy atom. The van der Waals surface area contributed by atoms with Crippen LogP contribution in [0.15, 0.2) is 188 Å². The van der Waals surface area contributed by atoms with Gasteiger partial charge in [0.25, 0.3) is 0 Å². The van der Waals surface area contributed by atoms with E-state index in [2.05, 4.69) is 41.0 Å². The zero-order chi connectivity index (χ0) is 62.6. The Morgan fingerprint density at radius 3 is 2.17 bits per heavy atom. The molecule has 1 aliphatic carbocycles. The number of aromatic nitrogens is 30. The summed E-state index contributed by atoms with van der Waals surface area (Å²) in [5.74, 6) is -3.59. The Morgan fingerprint density at radius 1 is 0.574 bits per heavy atom. The van der Waals surface area contributed by atoms with E-state index in [9.17, 15) is 4.74 Å². The number of ketones is 1. The molecule has 0 bridgehead atoms. The number of carbonyl (C=O) groups excluding carboxylic acids is 1. The maximum absolute atomic E-state index is 21.0. The molecule has 16 heterocycles. The number of carbonyl (C=O) groups is 1. The van der Waals surface area contributed by atoms with Crippen molar-refractivity contribution in [2.45, 2.75) is 43.7 Å². The van der Waals surface area contributed by atoms with Crippen LogP contribution in [0.3, 0.4) is 0 Å². The first-order chi connectivity index (χ1) is 46.5. The van der Waals surface area contributed by atoms with Crippen molar-refractivity contribution >= 4 is 62.6 Å². The number of nitrogens with zero attached hydrogens (tertiary/aromatic N) is 28. The summed E-state index contributed by atoms with van der Waals surface area (Å²) in [5, 5.41) is 72.2. The van der Waals surface area contributed by atoms with Crippen molar-refractivity contribution in [3.8, 4) is 5.82 Å². The van der Waals surface area contributed by atoms with Crippen LogP contribution in [0.2, 0.25) is 0 Å². The molecule has 2 aliphatic rings. The Hall–Kier alpha value is -12.1. The van der Waals surface area contributed by atoms with Crippen molar-refractivity contribution in [1.82, 2.24) is 150 Å². The second-order valence-corrected chi connectivity index (χ2v) is 23.8. The predicted molar refractivity (Wildman–Crippen MR) is 311 cm³/mol. The number of rotatable bonds is 15. The van der Waals surface area contributed by atoms with E-state index in [1.165, 1.54) is 104 Å². The van der Waals surface area contributed by atoms with Crippen molar-refractivity contribution in [3.63, 3.8) is 0 Å². The molecule has 2 fully saturated rings. The summed E-state index contributed by atoms with van der Waals surface area (Å²) in [6.45, 7) is 0. The van der Waals surface area contributed by atoms with Gasteiger partial charge in [-0.05, 0) is 53.4 Å². The highest BCUT2D eigenvalue weighted by atomic mass is 32.1. The zero-order valence-electron chi connectivity index (χ0n) is 46.8. The molecule has 16 aromatic rings. The zero-order valence-corrected chi connectivity index (χ0v) is 50.0. The van der Waals surface area contributed by atoms with Gasteiger partial charge in [0.1, 0.15) is 90.5 Å². The van der Waals surface area contributed by atoms with E-state index in [1.807, 2.05) is 0 Å². The van der Waals surface area contributed by atoms with E-state index >= 15 is 4.79 Å². The second kappa shape index (κ2) is 20.4. The molecule has 0 amide bonds. The molecule has 2 N–H and O–H groups in total. The van der Waals surface area contributed by atoms with Gasteiger partial charge in [-0.15, -0.1) is 58.4 Å². The lowest BCUT2D eigenvalue weighted by Gasteiger charge is -2.77. The van der Waals surface area contributed by atoms with Gasteiger partial charge in [-0.3, -0.25) is 29.5 Å². The second-order valence-electron chi connectivity index (χ2n) is 20.9. The lowest BCUT2D eigenvalue weighted by Crippen LogP contribution is -2.94. The van der Waals surface area contributed by atoms with E-state index in [4.69, 9.17) is 122 Å². The number of hydrogen-bond acceptors (Lipinski definition) is 37. The highest BCUT2D eigenvalue weighted by molar-refractivity contribution is 7.10. The standard InChI is InChI=1S/C54H30N30O6S4/c85-38-47(43-60-14-17-86-43,31-7-3-10-65-72-31)53(41-63-25-89-79-41,36-37(84-16-13-56-24-84)71-30-6-2-1-5-29(30)70-36)90-54(42-62-23-67-76-42)48(33-20-66-81-73-33,34-21-88-82-74-34)52(44-77-68-26-87-44,45-61-15-18-91-45)50(35-22-93-83-75-35,39-58-8-4-9-59-39)49(40-64-27-94-80-40,32-19-55-11-12-57-32)51(38,54)46-78-69-28-92-46/h1-28H,(H,62,67,76)(H,66,73,81). The van der Waals surface area contributed by atoms with Gasteiger partial charge in [0.15, 0.2) is 34.3 Å². The summed E-state index contributed by atoms with van der Waals surface area (Å²) in [7, 11) is 0. The number of Topliss-reactive ketones (excluding diaryl/α,β-unsaturated/α-hetero) is 1. The van der Waals surface area contributed by atoms with E-state index in [0.29, 0.717) is 5.52 Å². The van der Waals surface area contributed by atoms with Gasteiger partial charge in [0, 0.05) is 78.0 Å². The normalized spacial score (nSPS) is 26.0. The number of ether oxygens (including phenoxy) is 1. The topological polar surface area (TPSA) is 463 Å². The molecular formula is C54H30N30O6S4. The maximum Gasteiger partial charge on any atom is 0.232 e. The molecule has 1 saturated heterocycles. The van der Waals surface area contributed by atoms with Crippen LogP contribution in [0.5, 0.6) is 0 Å². The third-order valence-corrected chi connectivity index (χ3v) is 20.2. The minimum Gasteiger partial charge on any atom is -0.447 e. The summed E-state index contributed by atoms with van der Waals surface area (Å²) < 4.78 is 47.1. The molecule has 18 rings (SSSR count). The summed E-state index contributed by atoms with van der Waals surface area (Å²) in [5.41, 5.74) is -22.2. The van der Waals surface area contributed by atoms with E-state index in [0.717, 1.165) is 58.5 Å². The first-order valence-corrected chi connectivity index (χ1v) is 30.9. The largest absolute Gasteiger partial charge is 0.447 e. The Balaban J connectivity index is 1.26. The first-order valence-electron chi connectivity index (χ1n) is 27.5. The molecule has 456 valence electrons. The predicted octanol–water partition coefficient (Wildman–Crippen LogP) is 3.19. The molecule has 1 aromatic carbocycles. The molecule has 8 unspecified atom stereocenters. The summed E-state index contributed by atoms with van der Waals surface area (Å²) in [6.07, 6.45) is 23.3. The van der Waals surface area contributed by atoms with Crippen molar-refractivity contribution in [2.75, 3.05) is 0 Å². The molecule has 1 aliphatic heterocycles. The Labute approximate surface area is 536 Å². The van der Waals surface area contributed by atoms with Crippen molar-refractivity contribution < 1.29 is 27.4 Å². The van der Waals surface area contributed by atoms with Gasteiger partial charge in [0.05, 0.1) is 40.0 Å². The molecule has 0 radical (unpaired) electrons. The molecule has 36 nitrogen and oxygen atoms in total. The van der Waals surface area contributed by atoms with Crippen LogP contribution >= 0.6 is 45.7 Å². The number of para-hydroxylation sites is 2. The van der Waals surface area contributed by atoms with Crippen LogP contribution in [-0.2, 0) is 53.2 Å². The van der Waals surface area contributed by atoms with Crippen molar-refractivity contribution in [2.24, 2.45) is 0 Å². The lowest BCUT2D eigenvalue weighted by atomic mass is 9.22. The lowest BCUT2D eigenvalue weighted by molar-refractivity contribution is -0.314. The molecule has 1 saturated carbocycles. The fourth-order valence-electron chi connectivity index (χ4n) is 15.0. The van der Waals surface area contributed by atoms with Gasteiger partial charge in [-0.2, -0.15) is 24.7 Å². The van der Waals surface area contributed by atoms with E-state index < -0.39 is 72.9 Å². The van der Waals surface area contributed by atoms with Gasteiger partial charge in [-0.1, -0.05) is 27.0 Å². The number of nitrogens with one attached hydrogen (secondary N) is 2. The summed E-state index contributed by atoms with van der Waals surface area (Å²) >= 11 is 3.71. The Kier molecular flexibility index (Phi) is 11.9. The van der Waals surface area contributed by atoms with Crippen molar-refractivity contribution in [3.05, 3.63) is 250 Å². The molecule has 0 spiro atoms. The molecular weight excluding hydrogens is 1290 g/mol. The SMILES string of the molecule is O=C1C(c2cccnn2)(c2ncco2)C(c2ncon2)(c2nc3ccccc3nc2-n2ccnc2)OC2(c3nc[nH]n3)C1(c1nncs1)C(c1cnccn1)(c1ncsn1)C(c1csnn1)(c1ncccn1)C(c1nnco1)(c1nccs1)C2(c1c[nH]nn1)c1conn1. The van der Waals surface area contributed by atoms with Crippen LogP contribution < -0.4 is 0 Å². The molecule has 94 heavy (non-hydrogen) atoms. The van der Waals surface area contributed by atoms with E-state index in [-0.39, 0.29) is 67.2 Å². The highest BCUT2D eigenvalue weighted by Crippen LogP contribution is 2.87. The van der Waals surface area contributed by atoms with Crippen LogP contribution in [-0.4, -0.2) is 156 Å². The number of aromatic amines is 2. The monoisotopic (exact) mass is 1320 g/mol. The minimum absolute atomic E-state index is 0.0169. The quantitative estimate of drug-likeness (QED) is 0.149. The van der Waals surface area contributed by atoms with Crippen LogP contribution in [0.1, 0.15) is 79.3 Å². The fraction of sp³-hybridized carbons (Fsp3) is 0.148. The molecule has 8 atom stereocenters. The number of benzene rings is 1. The maximum atomic E-state index is 21.0. The Bertz CT molecular complexity index is 5180. The molecule has 15 aromatic heterocycles. The number of thiazole rings is 1. The van der Waals surface area contributed by atoms with Crippen LogP contribution in [0.25, 0.3) is 16.9 Å². The number of hydrogen-bond donors (Lipinski definition) is 2. The number of fused-ring (bicyclic) bond motifs is 2. The third-order valence-electron chi connectivity index (χ3n) is 17.5. The first kappa shape index (κ1) is 54.8. The number of imidazole rings is 1. The molecule has 40 heteroatoms. The summed E-state index contributed by atoms with van der Waals surface area (Å²) in [4.78, 5) is 83.7. The average Bonchev–Trinajstić information content (AvgIpc) is 1.00. The van der Waals surface area contributed by atoms with Gasteiger partial charge in [-0.25, -0.2) is 44.9 Å². The number of oxazole rings is 1. The van der Waals surface area contributed by atoms with Crippen LogP contribution in [0.4, 0.5) is 0 Å². The smallest absolute Gasteiger partial charge is 0.232 e. The average molecular weight is 1320 g/mol. The van der Waals surface area contributed by atoms with Crippen molar-refractivity contribution in [1.29, 1.82) is 0 Å². The van der Waals surface area contributed by atoms with E-state index in [1.54, 1.807) is 57.9 Å².